The third-order valence-corrected chi connectivity index (χ3v) is 3.26. The maximum absolute atomic E-state index is 13.0. The van der Waals surface area contributed by atoms with Crippen molar-refractivity contribution in [1.82, 2.24) is 5.32 Å². The first-order valence-electron chi connectivity index (χ1n) is 5.73. The second kappa shape index (κ2) is 4.93. The predicted octanol–water partition coefficient (Wildman–Crippen LogP) is 2.65. The second-order valence-corrected chi connectivity index (χ2v) is 4.47. The van der Waals surface area contributed by atoms with E-state index in [-0.39, 0.29) is 11.9 Å². The van der Waals surface area contributed by atoms with E-state index in [1.165, 1.54) is 6.07 Å². The van der Waals surface area contributed by atoms with Crippen molar-refractivity contribution in [2.24, 2.45) is 0 Å². The number of nitrogens with one attached hydrogen (secondary N) is 1. The van der Waals surface area contributed by atoms with Gasteiger partial charge in [-0.1, -0.05) is 12.1 Å². The van der Waals surface area contributed by atoms with Gasteiger partial charge in [-0.3, -0.25) is 0 Å². The number of ether oxygens (including phenoxy) is 1. The van der Waals surface area contributed by atoms with Gasteiger partial charge in [-0.15, -0.1) is 0 Å². The molecule has 2 rings (SSSR count). The largest absolute Gasteiger partial charge is 0.381 e. The van der Waals surface area contributed by atoms with E-state index in [2.05, 4.69) is 12.2 Å². The molecule has 16 heavy (non-hydrogen) atoms. The molecule has 0 spiro atoms. The highest BCUT2D eigenvalue weighted by Crippen LogP contribution is 2.25. The van der Waals surface area contributed by atoms with Crippen molar-refractivity contribution in [2.75, 3.05) is 7.11 Å². The van der Waals surface area contributed by atoms with Crippen LogP contribution in [0.4, 0.5) is 4.39 Å². The molecule has 0 aromatic heterocycles. The van der Waals surface area contributed by atoms with Crippen LogP contribution in [0, 0.1) is 5.82 Å². The van der Waals surface area contributed by atoms with E-state index in [9.17, 15) is 4.39 Å². The molecule has 1 aromatic carbocycles. The van der Waals surface area contributed by atoms with Gasteiger partial charge in [0.1, 0.15) is 5.82 Å². The molecule has 1 fully saturated rings. The lowest BCUT2D eigenvalue weighted by Crippen LogP contribution is -2.45. The molecule has 1 atom stereocenters. The fraction of sp³-hybridized carbons (Fsp3) is 0.538. The predicted molar refractivity (Wildman–Crippen MR) is 61.8 cm³/mol. The van der Waals surface area contributed by atoms with Gasteiger partial charge in [0.2, 0.25) is 0 Å². The maximum atomic E-state index is 13.0. The van der Waals surface area contributed by atoms with E-state index in [0.717, 1.165) is 18.4 Å². The van der Waals surface area contributed by atoms with E-state index in [1.54, 1.807) is 19.2 Å². The number of methoxy groups -OCH3 is 1. The molecule has 1 saturated carbocycles. The summed E-state index contributed by atoms with van der Waals surface area (Å²) in [5.74, 6) is -0.172. The Hall–Kier alpha value is -0.930. The van der Waals surface area contributed by atoms with Crippen molar-refractivity contribution in [3.63, 3.8) is 0 Å². The van der Waals surface area contributed by atoms with Crippen molar-refractivity contribution >= 4 is 0 Å². The van der Waals surface area contributed by atoms with Crippen LogP contribution in [-0.2, 0) is 4.74 Å². The van der Waals surface area contributed by atoms with Gasteiger partial charge in [0.05, 0.1) is 6.10 Å². The summed E-state index contributed by atoms with van der Waals surface area (Å²) in [6.45, 7) is 2.06. The van der Waals surface area contributed by atoms with E-state index in [0.29, 0.717) is 12.1 Å². The van der Waals surface area contributed by atoms with Crippen LogP contribution in [0.15, 0.2) is 24.3 Å². The zero-order valence-electron chi connectivity index (χ0n) is 9.74. The van der Waals surface area contributed by atoms with Gasteiger partial charge in [-0.2, -0.15) is 0 Å². The average Bonchev–Trinajstić information content (AvgIpc) is 2.22. The molecule has 3 heteroatoms. The lowest BCUT2D eigenvalue weighted by atomic mass is 9.88. The first-order chi connectivity index (χ1) is 7.69. The summed E-state index contributed by atoms with van der Waals surface area (Å²) < 4.78 is 18.3. The van der Waals surface area contributed by atoms with Gasteiger partial charge >= 0.3 is 0 Å². The number of halogens is 1. The molecule has 0 heterocycles. The van der Waals surface area contributed by atoms with Crippen molar-refractivity contribution in [2.45, 2.75) is 38.0 Å². The number of benzene rings is 1. The summed E-state index contributed by atoms with van der Waals surface area (Å²) >= 11 is 0. The van der Waals surface area contributed by atoms with Crippen LogP contribution < -0.4 is 5.32 Å². The third kappa shape index (κ3) is 2.60. The summed E-state index contributed by atoms with van der Waals surface area (Å²) in [4.78, 5) is 0. The van der Waals surface area contributed by atoms with E-state index >= 15 is 0 Å². The summed E-state index contributed by atoms with van der Waals surface area (Å²) in [6, 6.07) is 7.46. The molecule has 1 aliphatic carbocycles. The minimum Gasteiger partial charge on any atom is -0.381 e. The monoisotopic (exact) mass is 223 g/mol. The van der Waals surface area contributed by atoms with E-state index < -0.39 is 0 Å². The Morgan fingerprint density at radius 3 is 2.81 bits per heavy atom. The molecule has 0 aliphatic heterocycles. The maximum Gasteiger partial charge on any atom is 0.123 e. The summed E-state index contributed by atoms with van der Waals surface area (Å²) in [6.07, 6.45) is 2.50. The average molecular weight is 223 g/mol. The summed E-state index contributed by atoms with van der Waals surface area (Å²) in [5, 5.41) is 3.48. The minimum atomic E-state index is -0.172. The van der Waals surface area contributed by atoms with Crippen LogP contribution in [-0.4, -0.2) is 19.3 Å². The molecule has 1 aliphatic rings. The van der Waals surface area contributed by atoms with Crippen LogP contribution in [0.3, 0.4) is 0 Å². The van der Waals surface area contributed by atoms with Gasteiger partial charge in [-0.05, 0) is 37.5 Å². The van der Waals surface area contributed by atoms with Gasteiger partial charge < -0.3 is 10.1 Å². The fourth-order valence-corrected chi connectivity index (χ4v) is 2.12. The molecule has 0 saturated heterocycles. The Bertz CT molecular complexity index is 350. The number of rotatable bonds is 4. The zero-order valence-corrected chi connectivity index (χ0v) is 9.74. The molecule has 88 valence electrons. The van der Waals surface area contributed by atoms with Gasteiger partial charge in [0, 0.05) is 19.2 Å². The van der Waals surface area contributed by atoms with E-state index in [1.807, 2.05) is 6.07 Å². The van der Waals surface area contributed by atoms with Gasteiger partial charge in [-0.25, -0.2) is 4.39 Å². The Labute approximate surface area is 95.8 Å². The first kappa shape index (κ1) is 11.6. The Morgan fingerprint density at radius 2 is 2.19 bits per heavy atom. The topological polar surface area (TPSA) is 21.3 Å². The Balaban J connectivity index is 1.87. The first-order valence-corrected chi connectivity index (χ1v) is 5.73. The lowest BCUT2D eigenvalue weighted by molar-refractivity contribution is 0.0147. The molecule has 1 aromatic rings. The zero-order chi connectivity index (χ0) is 11.5. The normalized spacial score (nSPS) is 26.2. The van der Waals surface area contributed by atoms with Crippen LogP contribution in [0.1, 0.15) is 31.4 Å². The fourth-order valence-electron chi connectivity index (χ4n) is 2.12. The lowest BCUT2D eigenvalue weighted by Gasteiger charge is -2.36. The van der Waals surface area contributed by atoms with Crippen molar-refractivity contribution < 1.29 is 9.13 Å². The van der Waals surface area contributed by atoms with Crippen molar-refractivity contribution in [1.29, 1.82) is 0 Å². The molecule has 2 nitrogen and oxygen atoms in total. The minimum absolute atomic E-state index is 0.172. The van der Waals surface area contributed by atoms with E-state index in [4.69, 9.17) is 4.74 Å². The highest BCUT2D eigenvalue weighted by molar-refractivity contribution is 5.19. The molecular weight excluding hydrogens is 205 g/mol. The van der Waals surface area contributed by atoms with Crippen LogP contribution in [0.2, 0.25) is 0 Å². The smallest absolute Gasteiger partial charge is 0.123 e. The third-order valence-electron chi connectivity index (χ3n) is 3.26. The van der Waals surface area contributed by atoms with Crippen LogP contribution in [0.5, 0.6) is 0 Å². The Kier molecular flexibility index (Phi) is 3.56. The van der Waals surface area contributed by atoms with Gasteiger partial charge in [0.15, 0.2) is 0 Å². The SMILES string of the molecule is COC1CC(N[C@@H](C)c2cccc(F)c2)C1. The van der Waals surface area contributed by atoms with Crippen molar-refractivity contribution in [3.05, 3.63) is 35.6 Å². The second-order valence-electron chi connectivity index (χ2n) is 4.47. The summed E-state index contributed by atoms with van der Waals surface area (Å²) in [5.41, 5.74) is 1.00. The Morgan fingerprint density at radius 1 is 1.44 bits per heavy atom. The molecule has 1 N–H and O–H groups in total. The number of hydrogen-bond acceptors (Lipinski definition) is 2. The number of hydrogen-bond donors (Lipinski definition) is 1. The molecule has 0 unspecified atom stereocenters. The van der Waals surface area contributed by atoms with Crippen LogP contribution >= 0.6 is 0 Å². The standard InChI is InChI=1S/C13H18FNO/c1-9(10-4-3-5-11(14)6-10)15-12-7-13(8-12)16-2/h3-6,9,12-13,15H,7-8H2,1-2H3/t9-,12?,13?/m0/s1. The molecular formula is C13H18FNO. The highest BCUT2D eigenvalue weighted by atomic mass is 19.1. The molecule has 0 radical (unpaired) electrons. The van der Waals surface area contributed by atoms with Crippen LogP contribution in [0.25, 0.3) is 0 Å². The van der Waals surface area contributed by atoms with Gasteiger partial charge in [0.25, 0.3) is 0 Å². The summed E-state index contributed by atoms with van der Waals surface area (Å²) in [7, 11) is 1.75. The molecule has 0 amide bonds. The van der Waals surface area contributed by atoms with Crippen molar-refractivity contribution in [3.8, 4) is 0 Å². The highest BCUT2D eigenvalue weighted by Gasteiger charge is 2.29. The quantitative estimate of drug-likeness (QED) is 0.847. The molecule has 0 bridgehead atoms.